The standard InChI is InChI=1S/C6H9N3O2/c1-2-10-3-5(7-1)6-8-4-9-11-6/h4-5,7H,1-3H2/t5-/m0/s1. The Labute approximate surface area is 63.7 Å². The largest absolute Gasteiger partial charge is 0.378 e. The summed E-state index contributed by atoms with van der Waals surface area (Å²) in [5.74, 6) is 0.602. The van der Waals surface area contributed by atoms with E-state index in [1.807, 2.05) is 0 Å². The van der Waals surface area contributed by atoms with Gasteiger partial charge in [-0.1, -0.05) is 5.16 Å². The molecule has 0 amide bonds. The first kappa shape index (κ1) is 6.75. The molecule has 2 rings (SSSR count). The van der Waals surface area contributed by atoms with Crippen LogP contribution >= 0.6 is 0 Å². The molecule has 0 aromatic carbocycles. The van der Waals surface area contributed by atoms with Crippen LogP contribution in [0.4, 0.5) is 0 Å². The van der Waals surface area contributed by atoms with E-state index in [0.29, 0.717) is 12.5 Å². The predicted molar refractivity (Wildman–Crippen MR) is 35.9 cm³/mol. The van der Waals surface area contributed by atoms with E-state index >= 15 is 0 Å². The van der Waals surface area contributed by atoms with Gasteiger partial charge < -0.3 is 14.6 Å². The maximum absolute atomic E-state index is 5.22. The normalized spacial score (nSPS) is 25.3. The minimum atomic E-state index is 0.0752. The highest BCUT2D eigenvalue weighted by atomic mass is 16.5. The fourth-order valence-electron chi connectivity index (χ4n) is 1.06. The Morgan fingerprint density at radius 2 is 2.64 bits per heavy atom. The van der Waals surface area contributed by atoms with Crippen LogP contribution in [0.5, 0.6) is 0 Å². The van der Waals surface area contributed by atoms with Gasteiger partial charge in [0, 0.05) is 6.54 Å². The summed E-state index contributed by atoms with van der Waals surface area (Å²) in [4.78, 5) is 3.92. The fraction of sp³-hybridized carbons (Fsp3) is 0.667. The van der Waals surface area contributed by atoms with E-state index in [-0.39, 0.29) is 6.04 Å². The van der Waals surface area contributed by atoms with E-state index in [9.17, 15) is 0 Å². The van der Waals surface area contributed by atoms with Crippen LogP contribution in [0.1, 0.15) is 11.9 Å². The summed E-state index contributed by atoms with van der Waals surface area (Å²) in [5, 5.41) is 6.72. The molecule has 1 aromatic heterocycles. The van der Waals surface area contributed by atoms with Gasteiger partial charge in [0.15, 0.2) is 6.33 Å². The summed E-state index contributed by atoms with van der Waals surface area (Å²) in [6.45, 7) is 2.21. The molecule has 0 radical (unpaired) electrons. The van der Waals surface area contributed by atoms with E-state index < -0.39 is 0 Å². The van der Waals surface area contributed by atoms with Crippen molar-refractivity contribution < 1.29 is 9.26 Å². The minimum absolute atomic E-state index is 0.0752. The second-order valence-electron chi connectivity index (χ2n) is 2.36. The van der Waals surface area contributed by atoms with Crippen molar-refractivity contribution in [1.29, 1.82) is 0 Å². The van der Waals surface area contributed by atoms with Crippen molar-refractivity contribution in [1.82, 2.24) is 15.5 Å². The molecule has 1 N–H and O–H groups in total. The van der Waals surface area contributed by atoms with Gasteiger partial charge in [-0.05, 0) is 0 Å². The van der Waals surface area contributed by atoms with E-state index in [1.54, 1.807) is 0 Å². The van der Waals surface area contributed by atoms with Crippen molar-refractivity contribution in [3.63, 3.8) is 0 Å². The van der Waals surface area contributed by atoms with Crippen molar-refractivity contribution in [3.8, 4) is 0 Å². The van der Waals surface area contributed by atoms with Crippen LogP contribution in [0.25, 0.3) is 0 Å². The smallest absolute Gasteiger partial charge is 0.245 e. The lowest BCUT2D eigenvalue weighted by Gasteiger charge is -2.19. The van der Waals surface area contributed by atoms with Crippen LogP contribution in [-0.2, 0) is 4.74 Å². The molecule has 0 saturated carbocycles. The molecule has 5 nitrogen and oxygen atoms in total. The molecule has 1 aliphatic heterocycles. The van der Waals surface area contributed by atoms with Gasteiger partial charge >= 0.3 is 0 Å². The lowest BCUT2D eigenvalue weighted by atomic mass is 10.3. The predicted octanol–water partition coefficient (Wildman–Crippen LogP) is -0.270. The van der Waals surface area contributed by atoms with E-state index in [2.05, 4.69) is 15.5 Å². The highest BCUT2D eigenvalue weighted by Gasteiger charge is 2.19. The summed E-state index contributed by atoms with van der Waals surface area (Å²) in [6.07, 6.45) is 1.39. The number of morpholine rings is 1. The van der Waals surface area contributed by atoms with Gasteiger partial charge in [-0.2, -0.15) is 4.98 Å². The van der Waals surface area contributed by atoms with E-state index in [4.69, 9.17) is 9.26 Å². The second kappa shape index (κ2) is 2.98. The van der Waals surface area contributed by atoms with Crippen LogP contribution in [0, 0.1) is 0 Å². The first-order chi connectivity index (χ1) is 5.47. The van der Waals surface area contributed by atoms with E-state index in [0.717, 1.165) is 13.2 Å². The molecule has 2 heterocycles. The number of ether oxygens (including phenoxy) is 1. The molecule has 0 bridgehead atoms. The van der Waals surface area contributed by atoms with Gasteiger partial charge in [-0.3, -0.25) is 0 Å². The quantitative estimate of drug-likeness (QED) is 0.605. The number of rotatable bonds is 1. The summed E-state index contributed by atoms with van der Waals surface area (Å²) in [6, 6.07) is 0.0752. The van der Waals surface area contributed by atoms with Crippen LogP contribution in [0.2, 0.25) is 0 Å². The number of nitrogens with zero attached hydrogens (tertiary/aromatic N) is 2. The number of hydrogen-bond acceptors (Lipinski definition) is 5. The summed E-state index contributed by atoms with van der Waals surface area (Å²) < 4.78 is 10.1. The molecule has 1 atom stereocenters. The lowest BCUT2D eigenvalue weighted by Crippen LogP contribution is -2.34. The maximum Gasteiger partial charge on any atom is 0.245 e. The first-order valence-electron chi connectivity index (χ1n) is 3.54. The average Bonchev–Trinajstić information content (AvgIpc) is 2.58. The van der Waals surface area contributed by atoms with Gasteiger partial charge in [-0.25, -0.2) is 0 Å². The second-order valence-corrected chi connectivity index (χ2v) is 2.36. The number of nitrogens with one attached hydrogen (secondary N) is 1. The number of hydrogen-bond donors (Lipinski definition) is 1. The van der Waals surface area contributed by atoms with E-state index in [1.165, 1.54) is 6.33 Å². The molecule has 1 saturated heterocycles. The van der Waals surface area contributed by atoms with Crippen molar-refractivity contribution in [2.45, 2.75) is 6.04 Å². The minimum Gasteiger partial charge on any atom is -0.378 e. The third-order valence-electron chi connectivity index (χ3n) is 1.60. The SMILES string of the molecule is c1noc([C@@H]2COCCN2)n1. The summed E-state index contributed by atoms with van der Waals surface area (Å²) in [7, 11) is 0. The molecule has 60 valence electrons. The maximum atomic E-state index is 5.22. The zero-order chi connectivity index (χ0) is 7.52. The zero-order valence-electron chi connectivity index (χ0n) is 5.99. The lowest BCUT2D eigenvalue weighted by molar-refractivity contribution is 0.0659. The van der Waals surface area contributed by atoms with Crippen molar-refractivity contribution in [2.24, 2.45) is 0 Å². The molecule has 11 heavy (non-hydrogen) atoms. The molecular formula is C6H9N3O2. The highest BCUT2D eigenvalue weighted by molar-refractivity contribution is 4.88. The molecule has 1 fully saturated rings. The van der Waals surface area contributed by atoms with Crippen LogP contribution in [0.3, 0.4) is 0 Å². The topological polar surface area (TPSA) is 60.2 Å². The molecule has 1 aliphatic rings. The summed E-state index contributed by atoms with van der Waals surface area (Å²) in [5.41, 5.74) is 0. The summed E-state index contributed by atoms with van der Waals surface area (Å²) >= 11 is 0. The Hall–Kier alpha value is -0.940. The number of aromatic nitrogens is 2. The van der Waals surface area contributed by atoms with Gasteiger partial charge in [0.25, 0.3) is 0 Å². The van der Waals surface area contributed by atoms with Crippen LogP contribution in [0.15, 0.2) is 10.9 Å². The highest BCUT2D eigenvalue weighted by Crippen LogP contribution is 2.10. The average molecular weight is 155 g/mol. The van der Waals surface area contributed by atoms with Crippen LogP contribution < -0.4 is 5.32 Å². The Kier molecular flexibility index (Phi) is 1.83. The molecule has 0 spiro atoms. The van der Waals surface area contributed by atoms with Crippen molar-refractivity contribution in [2.75, 3.05) is 19.8 Å². The molecular weight excluding hydrogens is 146 g/mol. The fourth-order valence-corrected chi connectivity index (χ4v) is 1.06. The Balaban J connectivity index is 2.04. The Morgan fingerprint density at radius 3 is 3.27 bits per heavy atom. The van der Waals surface area contributed by atoms with Gasteiger partial charge in [-0.15, -0.1) is 0 Å². The molecule has 0 unspecified atom stereocenters. The molecule has 1 aromatic rings. The van der Waals surface area contributed by atoms with Gasteiger partial charge in [0.1, 0.15) is 6.04 Å². The first-order valence-corrected chi connectivity index (χ1v) is 3.54. The monoisotopic (exact) mass is 155 g/mol. The Morgan fingerprint density at radius 1 is 1.64 bits per heavy atom. The van der Waals surface area contributed by atoms with Crippen molar-refractivity contribution in [3.05, 3.63) is 12.2 Å². The third kappa shape index (κ3) is 1.38. The third-order valence-corrected chi connectivity index (χ3v) is 1.60. The van der Waals surface area contributed by atoms with Gasteiger partial charge in [0.05, 0.1) is 13.2 Å². The Bertz CT molecular complexity index is 206. The molecule has 0 aliphatic carbocycles. The van der Waals surface area contributed by atoms with Gasteiger partial charge in [0.2, 0.25) is 5.89 Å². The van der Waals surface area contributed by atoms with Crippen molar-refractivity contribution >= 4 is 0 Å². The van der Waals surface area contributed by atoms with Crippen LogP contribution in [-0.4, -0.2) is 29.9 Å². The zero-order valence-corrected chi connectivity index (χ0v) is 5.99. The molecule has 5 heteroatoms.